The number of pyridine rings is 2. The first-order chi connectivity index (χ1) is 12.0. The molecule has 126 valence electrons. The second-order valence-electron chi connectivity index (χ2n) is 5.96. The largest absolute Gasteiger partial charge is 0.507 e. The van der Waals surface area contributed by atoms with Gasteiger partial charge in [0.05, 0.1) is 5.56 Å². The predicted molar refractivity (Wildman–Crippen MR) is 96.2 cm³/mol. The van der Waals surface area contributed by atoms with Crippen LogP contribution in [0.3, 0.4) is 0 Å². The third-order valence-corrected chi connectivity index (χ3v) is 4.03. The lowest BCUT2D eigenvalue weighted by molar-refractivity contribution is 0.0950. The lowest BCUT2D eigenvalue weighted by Crippen LogP contribution is -2.22. The summed E-state index contributed by atoms with van der Waals surface area (Å²) in [6.07, 6.45) is 6.65. The van der Waals surface area contributed by atoms with E-state index >= 15 is 0 Å². The van der Waals surface area contributed by atoms with Crippen LogP contribution in [0.4, 0.5) is 0 Å². The molecule has 5 heteroatoms. The van der Waals surface area contributed by atoms with Crippen LogP contribution in [-0.4, -0.2) is 21.0 Å². The second-order valence-corrected chi connectivity index (χ2v) is 5.96. The number of carbonyl (C=O) groups is 1. The molecule has 0 unspecified atom stereocenters. The van der Waals surface area contributed by atoms with Crippen LogP contribution in [0.2, 0.25) is 0 Å². The van der Waals surface area contributed by atoms with Gasteiger partial charge in [-0.1, -0.05) is 0 Å². The Kier molecular flexibility index (Phi) is 4.75. The Labute approximate surface area is 146 Å². The van der Waals surface area contributed by atoms with Crippen molar-refractivity contribution in [3.8, 4) is 16.9 Å². The van der Waals surface area contributed by atoms with Crippen molar-refractivity contribution in [2.24, 2.45) is 0 Å². The van der Waals surface area contributed by atoms with Crippen LogP contribution < -0.4 is 5.32 Å². The van der Waals surface area contributed by atoms with Gasteiger partial charge in [0.1, 0.15) is 5.75 Å². The molecule has 2 heterocycles. The van der Waals surface area contributed by atoms with Crippen LogP contribution in [0, 0.1) is 13.8 Å². The van der Waals surface area contributed by atoms with Crippen molar-refractivity contribution >= 4 is 5.91 Å². The van der Waals surface area contributed by atoms with Gasteiger partial charge < -0.3 is 10.4 Å². The fourth-order valence-corrected chi connectivity index (χ4v) is 2.63. The lowest BCUT2D eigenvalue weighted by atomic mass is 10.00. The van der Waals surface area contributed by atoms with Crippen molar-refractivity contribution in [3.63, 3.8) is 0 Å². The number of nitrogens with one attached hydrogen (secondary N) is 1. The van der Waals surface area contributed by atoms with Gasteiger partial charge in [0.15, 0.2) is 0 Å². The van der Waals surface area contributed by atoms with E-state index < -0.39 is 0 Å². The van der Waals surface area contributed by atoms with E-state index in [1.807, 2.05) is 38.1 Å². The first kappa shape index (κ1) is 16.6. The predicted octanol–water partition coefficient (Wildman–Crippen LogP) is 3.40. The summed E-state index contributed by atoms with van der Waals surface area (Å²) in [5.41, 5.74) is 4.82. The molecule has 0 aliphatic rings. The summed E-state index contributed by atoms with van der Waals surface area (Å²) in [6.45, 7) is 4.14. The number of phenols is 1. The molecule has 1 amide bonds. The van der Waals surface area contributed by atoms with Gasteiger partial charge in [0.2, 0.25) is 0 Å². The number of aromatic hydroxyl groups is 1. The van der Waals surface area contributed by atoms with E-state index in [-0.39, 0.29) is 5.91 Å². The summed E-state index contributed by atoms with van der Waals surface area (Å²) < 4.78 is 0. The molecule has 0 atom stereocenters. The Balaban J connectivity index is 1.80. The molecule has 3 aromatic rings. The Bertz CT molecular complexity index is 885. The second kappa shape index (κ2) is 7.13. The molecule has 1 aromatic carbocycles. The van der Waals surface area contributed by atoms with Gasteiger partial charge in [-0.05, 0) is 66.4 Å². The molecule has 0 fully saturated rings. The standard InChI is InChI=1S/C20H19N3O2/c1-13-7-16(8-14(2)19(13)24)17-9-18(12-22-11-17)20(25)23-10-15-3-5-21-6-4-15/h3-9,11-12,24H,10H2,1-2H3,(H,23,25). The minimum atomic E-state index is -0.182. The zero-order valence-corrected chi connectivity index (χ0v) is 14.2. The smallest absolute Gasteiger partial charge is 0.253 e. The maximum atomic E-state index is 12.4. The molecule has 0 saturated carbocycles. The first-order valence-corrected chi connectivity index (χ1v) is 7.97. The average molecular weight is 333 g/mol. The van der Waals surface area contributed by atoms with E-state index in [0.29, 0.717) is 17.9 Å². The molecule has 0 bridgehead atoms. The quantitative estimate of drug-likeness (QED) is 0.767. The van der Waals surface area contributed by atoms with Crippen LogP contribution in [0.1, 0.15) is 27.0 Å². The molecular weight excluding hydrogens is 314 g/mol. The first-order valence-electron chi connectivity index (χ1n) is 7.97. The number of nitrogens with zero attached hydrogens (tertiary/aromatic N) is 2. The third-order valence-electron chi connectivity index (χ3n) is 4.03. The van der Waals surface area contributed by atoms with Gasteiger partial charge in [0.25, 0.3) is 5.91 Å². The molecule has 0 aliphatic heterocycles. The summed E-state index contributed by atoms with van der Waals surface area (Å²) in [6, 6.07) is 9.30. The van der Waals surface area contributed by atoms with E-state index in [1.165, 1.54) is 0 Å². The van der Waals surface area contributed by atoms with Gasteiger partial charge in [-0.2, -0.15) is 0 Å². The minimum absolute atomic E-state index is 0.182. The highest BCUT2D eigenvalue weighted by Gasteiger charge is 2.10. The van der Waals surface area contributed by atoms with Gasteiger partial charge in [-0.3, -0.25) is 14.8 Å². The number of rotatable bonds is 4. The van der Waals surface area contributed by atoms with Crippen molar-refractivity contribution in [2.45, 2.75) is 20.4 Å². The molecular formula is C20H19N3O2. The summed E-state index contributed by atoms with van der Waals surface area (Å²) >= 11 is 0. The zero-order chi connectivity index (χ0) is 17.8. The SMILES string of the molecule is Cc1cc(-c2cncc(C(=O)NCc3ccncc3)c2)cc(C)c1O. The Morgan fingerprint density at radius 2 is 1.68 bits per heavy atom. The van der Waals surface area contributed by atoms with E-state index in [2.05, 4.69) is 15.3 Å². The van der Waals surface area contributed by atoms with Crippen molar-refractivity contribution in [1.29, 1.82) is 0 Å². The molecule has 0 aliphatic carbocycles. The molecule has 2 aromatic heterocycles. The normalized spacial score (nSPS) is 10.5. The molecule has 3 rings (SSSR count). The summed E-state index contributed by atoms with van der Waals surface area (Å²) in [4.78, 5) is 20.5. The molecule has 0 spiro atoms. The molecule has 2 N–H and O–H groups in total. The highest BCUT2D eigenvalue weighted by molar-refractivity contribution is 5.95. The molecule has 25 heavy (non-hydrogen) atoms. The average Bonchev–Trinajstić information content (AvgIpc) is 2.64. The molecule has 0 radical (unpaired) electrons. The van der Waals surface area contributed by atoms with E-state index in [0.717, 1.165) is 27.8 Å². The Hall–Kier alpha value is -3.21. The number of hydrogen-bond donors (Lipinski definition) is 2. The van der Waals surface area contributed by atoms with Crippen LogP contribution in [-0.2, 0) is 6.54 Å². The highest BCUT2D eigenvalue weighted by Crippen LogP contribution is 2.29. The van der Waals surface area contributed by atoms with Crippen LogP contribution in [0.5, 0.6) is 5.75 Å². The van der Waals surface area contributed by atoms with Crippen LogP contribution >= 0.6 is 0 Å². The van der Waals surface area contributed by atoms with Crippen molar-refractivity contribution < 1.29 is 9.90 Å². The van der Waals surface area contributed by atoms with Gasteiger partial charge in [-0.15, -0.1) is 0 Å². The summed E-state index contributed by atoms with van der Waals surface area (Å²) in [5, 5.41) is 12.8. The van der Waals surface area contributed by atoms with E-state index in [4.69, 9.17) is 0 Å². The van der Waals surface area contributed by atoms with Crippen LogP contribution in [0.15, 0.2) is 55.1 Å². The van der Waals surface area contributed by atoms with E-state index in [1.54, 1.807) is 30.9 Å². The topological polar surface area (TPSA) is 75.1 Å². The summed E-state index contributed by atoms with van der Waals surface area (Å²) in [5.74, 6) is 0.112. The summed E-state index contributed by atoms with van der Waals surface area (Å²) in [7, 11) is 0. The maximum Gasteiger partial charge on any atom is 0.253 e. The number of benzene rings is 1. The number of aromatic nitrogens is 2. The van der Waals surface area contributed by atoms with Crippen molar-refractivity contribution in [3.05, 3.63) is 77.4 Å². The number of hydrogen-bond acceptors (Lipinski definition) is 4. The Morgan fingerprint density at radius 1 is 1.00 bits per heavy atom. The van der Waals surface area contributed by atoms with Gasteiger partial charge >= 0.3 is 0 Å². The number of phenolic OH excluding ortho intramolecular Hbond substituents is 1. The minimum Gasteiger partial charge on any atom is -0.507 e. The maximum absolute atomic E-state index is 12.4. The lowest BCUT2D eigenvalue weighted by Gasteiger charge is -2.10. The fraction of sp³-hybridized carbons (Fsp3) is 0.150. The zero-order valence-electron chi connectivity index (χ0n) is 14.2. The van der Waals surface area contributed by atoms with Gasteiger partial charge in [-0.25, -0.2) is 0 Å². The van der Waals surface area contributed by atoms with Crippen molar-refractivity contribution in [1.82, 2.24) is 15.3 Å². The third kappa shape index (κ3) is 3.83. The Morgan fingerprint density at radius 3 is 2.36 bits per heavy atom. The number of amides is 1. The van der Waals surface area contributed by atoms with Crippen molar-refractivity contribution in [2.75, 3.05) is 0 Å². The molecule has 5 nitrogen and oxygen atoms in total. The monoisotopic (exact) mass is 333 g/mol. The van der Waals surface area contributed by atoms with Gasteiger partial charge in [0, 0.05) is 36.9 Å². The fourth-order valence-electron chi connectivity index (χ4n) is 2.63. The number of carbonyl (C=O) groups excluding carboxylic acids is 1. The number of aryl methyl sites for hydroxylation is 2. The van der Waals surface area contributed by atoms with Crippen LogP contribution in [0.25, 0.3) is 11.1 Å². The molecule has 0 saturated heterocycles. The van der Waals surface area contributed by atoms with E-state index in [9.17, 15) is 9.90 Å². The highest BCUT2D eigenvalue weighted by atomic mass is 16.3.